The number of carbonyl (C=O) groups is 1. The molecule has 0 radical (unpaired) electrons. The number of hydrogen-bond acceptors (Lipinski definition) is 3. The Kier molecular flexibility index (Phi) is 8.54. The van der Waals surface area contributed by atoms with Gasteiger partial charge in [0.15, 0.2) is 0 Å². The van der Waals surface area contributed by atoms with E-state index in [2.05, 4.69) is 31.2 Å². The van der Waals surface area contributed by atoms with Gasteiger partial charge in [-0.25, -0.2) is 9.78 Å². The lowest BCUT2D eigenvalue weighted by Gasteiger charge is -2.28. The number of carboxylic acids is 1. The van der Waals surface area contributed by atoms with Crippen LogP contribution in [-0.4, -0.2) is 23.3 Å². The molecule has 136 valence electrons. The summed E-state index contributed by atoms with van der Waals surface area (Å²) in [5, 5.41) is 8.64. The largest absolute Gasteiger partial charge is 0.481 e. The number of unbranched alkanes of at least 4 members (excludes halogenated alkanes) is 4. The maximum Gasteiger partial charge on any atom is 0.303 e. The van der Waals surface area contributed by atoms with Gasteiger partial charge in [-0.3, -0.25) is 4.79 Å². The summed E-state index contributed by atoms with van der Waals surface area (Å²) in [5.74, 6) is 0.363. The van der Waals surface area contributed by atoms with Gasteiger partial charge in [0.25, 0.3) is 0 Å². The Morgan fingerprint density at radius 3 is 2.08 bits per heavy atom. The van der Waals surface area contributed by atoms with E-state index < -0.39 is 5.97 Å². The van der Waals surface area contributed by atoms with Crippen molar-refractivity contribution >= 4 is 5.97 Å². The Balaban J connectivity index is 1.71. The van der Waals surface area contributed by atoms with E-state index in [1.165, 1.54) is 25.7 Å². The first-order chi connectivity index (χ1) is 11.7. The van der Waals surface area contributed by atoms with Gasteiger partial charge in [0.05, 0.1) is 12.2 Å². The number of carboxylic acid groups (broad SMARTS) is 1. The van der Waals surface area contributed by atoms with Crippen molar-refractivity contribution in [1.82, 2.24) is 0 Å². The highest BCUT2D eigenvalue weighted by Crippen LogP contribution is 2.45. The summed E-state index contributed by atoms with van der Waals surface area (Å²) >= 11 is 0. The van der Waals surface area contributed by atoms with Crippen LogP contribution in [0.25, 0.3) is 0 Å². The fraction of sp³-hybridized carbons (Fsp3) is 0.750. The van der Waals surface area contributed by atoms with Crippen LogP contribution < -0.4 is 0 Å². The van der Waals surface area contributed by atoms with Crippen LogP contribution in [0.4, 0.5) is 0 Å². The number of rotatable bonds is 12. The summed E-state index contributed by atoms with van der Waals surface area (Å²) in [5.41, 5.74) is 0. The van der Waals surface area contributed by atoms with E-state index in [-0.39, 0.29) is 18.6 Å². The molecule has 24 heavy (non-hydrogen) atoms. The lowest BCUT2D eigenvalue weighted by Crippen LogP contribution is -2.29. The molecule has 1 saturated heterocycles. The van der Waals surface area contributed by atoms with Crippen LogP contribution in [0.15, 0.2) is 24.3 Å². The average Bonchev–Trinajstić information content (AvgIpc) is 3.15. The zero-order valence-electron chi connectivity index (χ0n) is 14.9. The molecule has 4 heteroatoms. The van der Waals surface area contributed by atoms with Crippen LogP contribution in [0.3, 0.4) is 0 Å². The zero-order valence-corrected chi connectivity index (χ0v) is 14.9. The van der Waals surface area contributed by atoms with E-state index in [0.29, 0.717) is 18.3 Å². The third kappa shape index (κ3) is 6.06. The minimum atomic E-state index is -0.715. The van der Waals surface area contributed by atoms with Crippen LogP contribution >= 0.6 is 0 Å². The second kappa shape index (κ2) is 10.7. The second-order valence-corrected chi connectivity index (χ2v) is 7.03. The number of fused-ring (bicyclic) bond motifs is 2. The molecule has 0 amide bonds. The van der Waals surface area contributed by atoms with Gasteiger partial charge in [0, 0.05) is 12.8 Å². The monoisotopic (exact) mass is 336 g/mol. The molecule has 0 unspecified atom stereocenters. The number of aliphatic carboxylic acids is 1. The first kappa shape index (κ1) is 19.2. The Labute approximate surface area is 145 Å². The standard InChI is InChI=1S/C20H32O4/c1-2-3-4-5-6-9-12-16-17(19-15-18(16)23-24-19)13-10-7-8-11-14-20(21)22/h6-7,9-10,16-19H,2-5,8,11-15H2,1H3,(H,21,22)/t16-,17-,18-,19-/m1/s1. The topological polar surface area (TPSA) is 55.8 Å². The predicted octanol–water partition coefficient (Wildman–Crippen LogP) is 5.05. The van der Waals surface area contributed by atoms with Gasteiger partial charge in [-0.05, 0) is 50.4 Å². The molecule has 4 atom stereocenters. The molecular weight excluding hydrogens is 304 g/mol. The van der Waals surface area contributed by atoms with Crippen LogP contribution in [0.2, 0.25) is 0 Å². The normalized spacial score (nSPS) is 29.2. The van der Waals surface area contributed by atoms with E-state index in [4.69, 9.17) is 14.9 Å². The lowest BCUT2D eigenvalue weighted by atomic mass is 9.87. The summed E-state index contributed by atoms with van der Waals surface area (Å²) < 4.78 is 0. The van der Waals surface area contributed by atoms with E-state index in [1.807, 2.05) is 0 Å². The Morgan fingerprint density at radius 1 is 0.958 bits per heavy atom. The Bertz CT molecular complexity index is 429. The van der Waals surface area contributed by atoms with Crippen molar-refractivity contribution in [3.8, 4) is 0 Å². The molecule has 2 rings (SSSR count). The minimum Gasteiger partial charge on any atom is -0.481 e. The lowest BCUT2D eigenvalue weighted by molar-refractivity contribution is -0.340. The first-order valence-corrected chi connectivity index (χ1v) is 9.56. The molecule has 2 fully saturated rings. The SMILES string of the molecule is CCCCCC=CC[C@@H]1[C@@H](CC=CCCCC(=O)O)[C@H]2C[C@H]1OO2. The van der Waals surface area contributed by atoms with Crippen molar-refractivity contribution in [1.29, 1.82) is 0 Å². The van der Waals surface area contributed by atoms with Crippen molar-refractivity contribution < 1.29 is 19.7 Å². The van der Waals surface area contributed by atoms with E-state index in [0.717, 1.165) is 25.7 Å². The quantitative estimate of drug-likeness (QED) is 0.308. The van der Waals surface area contributed by atoms with Crippen molar-refractivity contribution in [2.24, 2.45) is 11.8 Å². The molecule has 1 aliphatic heterocycles. The Hall–Kier alpha value is -1.13. The molecule has 0 aromatic heterocycles. The van der Waals surface area contributed by atoms with Gasteiger partial charge >= 0.3 is 5.97 Å². The smallest absolute Gasteiger partial charge is 0.303 e. The van der Waals surface area contributed by atoms with Gasteiger partial charge in [-0.2, -0.15) is 0 Å². The highest BCUT2D eigenvalue weighted by Gasteiger charge is 2.49. The third-order valence-corrected chi connectivity index (χ3v) is 5.16. The molecule has 0 aromatic rings. The van der Waals surface area contributed by atoms with Gasteiger partial charge in [0.2, 0.25) is 0 Å². The van der Waals surface area contributed by atoms with Crippen LogP contribution in [0, 0.1) is 11.8 Å². The van der Waals surface area contributed by atoms with Crippen molar-refractivity contribution in [2.45, 2.75) is 83.3 Å². The molecule has 2 aliphatic rings. The first-order valence-electron chi connectivity index (χ1n) is 9.56. The molecule has 1 saturated carbocycles. The van der Waals surface area contributed by atoms with Crippen LogP contribution in [0.1, 0.15) is 71.1 Å². The van der Waals surface area contributed by atoms with Crippen molar-refractivity contribution in [2.75, 3.05) is 0 Å². The number of hydrogen-bond donors (Lipinski definition) is 1. The summed E-state index contributed by atoms with van der Waals surface area (Å²) in [4.78, 5) is 21.4. The average molecular weight is 336 g/mol. The third-order valence-electron chi connectivity index (χ3n) is 5.16. The molecule has 1 aliphatic carbocycles. The molecule has 0 aromatic carbocycles. The molecule has 0 spiro atoms. The van der Waals surface area contributed by atoms with E-state index >= 15 is 0 Å². The van der Waals surface area contributed by atoms with Crippen LogP contribution in [-0.2, 0) is 14.6 Å². The van der Waals surface area contributed by atoms with E-state index in [9.17, 15) is 4.79 Å². The molecule has 1 heterocycles. The van der Waals surface area contributed by atoms with Crippen molar-refractivity contribution in [3.05, 3.63) is 24.3 Å². The second-order valence-electron chi connectivity index (χ2n) is 7.03. The van der Waals surface area contributed by atoms with Crippen LogP contribution in [0.5, 0.6) is 0 Å². The maximum absolute atomic E-state index is 10.5. The van der Waals surface area contributed by atoms with E-state index in [1.54, 1.807) is 0 Å². The highest BCUT2D eigenvalue weighted by molar-refractivity contribution is 5.66. The zero-order chi connectivity index (χ0) is 17.2. The highest BCUT2D eigenvalue weighted by atomic mass is 17.2. The summed E-state index contributed by atoms with van der Waals surface area (Å²) in [6.45, 7) is 2.23. The fourth-order valence-electron chi connectivity index (χ4n) is 3.77. The van der Waals surface area contributed by atoms with Gasteiger partial charge < -0.3 is 5.11 Å². The summed E-state index contributed by atoms with van der Waals surface area (Å²) in [6, 6.07) is 0. The molecule has 1 N–H and O–H groups in total. The summed E-state index contributed by atoms with van der Waals surface area (Å²) in [7, 11) is 0. The molecule has 2 bridgehead atoms. The maximum atomic E-state index is 10.5. The van der Waals surface area contributed by atoms with Crippen molar-refractivity contribution in [3.63, 3.8) is 0 Å². The molecule has 4 nitrogen and oxygen atoms in total. The number of allylic oxidation sites excluding steroid dienone is 4. The minimum absolute atomic E-state index is 0.233. The Morgan fingerprint density at radius 2 is 1.54 bits per heavy atom. The van der Waals surface area contributed by atoms with Gasteiger partial charge in [-0.1, -0.05) is 44.1 Å². The molecular formula is C20H32O4. The van der Waals surface area contributed by atoms with Gasteiger partial charge in [0.1, 0.15) is 0 Å². The summed E-state index contributed by atoms with van der Waals surface area (Å²) in [6.07, 6.45) is 19.4. The van der Waals surface area contributed by atoms with Gasteiger partial charge in [-0.15, -0.1) is 0 Å². The predicted molar refractivity (Wildman–Crippen MR) is 94.5 cm³/mol. The fourth-order valence-corrected chi connectivity index (χ4v) is 3.77.